The summed E-state index contributed by atoms with van der Waals surface area (Å²) >= 11 is 0. The minimum Gasteiger partial charge on any atom is -0.474 e. The first-order chi connectivity index (χ1) is 11.1. The summed E-state index contributed by atoms with van der Waals surface area (Å²) in [5.41, 5.74) is 2.87. The lowest BCUT2D eigenvalue weighted by Crippen LogP contribution is -2.44. The maximum Gasteiger partial charge on any atom is 0.272 e. The fourth-order valence-corrected chi connectivity index (χ4v) is 2.74. The molecule has 0 spiro atoms. The van der Waals surface area contributed by atoms with E-state index < -0.39 is 6.10 Å². The van der Waals surface area contributed by atoms with E-state index in [9.17, 15) is 4.79 Å². The number of rotatable bonds is 4. The molecule has 1 atom stereocenters. The number of anilines is 1. The molecule has 0 fully saturated rings. The van der Waals surface area contributed by atoms with Crippen LogP contribution in [0, 0.1) is 6.92 Å². The van der Waals surface area contributed by atoms with E-state index in [1.54, 1.807) is 0 Å². The Hall–Kier alpha value is -2.33. The number of carbonyl (C=O) groups is 1. The summed E-state index contributed by atoms with van der Waals surface area (Å²) < 4.78 is 6.02. The third-order valence-electron chi connectivity index (χ3n) is 4.01. The predicted octanol–water partition coefficient (Wildman–Crippen LogP) is 3.02. The van der Waals surface area contributed by atoms with Crippen LogP contribution >= 0.6 is 0 Å². The van der Waals surface area contributed by atoms with E-state index in [0.717, 1.165) is 29.1 Å². The van der Waals surface area contributed by atoms with Crippen LogP contribution in [0.5, 0.6) is 5.75 Å². The molecule has 1 aliphatic heterocycles. The van der Waals surface area contributed by atoms with Crippen molar-refractivity contribution in [3.8, 4) is 5.75 Å². The number of nitrogens with zero attached hydrogens (tertiary/aromatic N) is 2. The van der Waals surface area contributed by atoms with Crippen molar-refractivity contribution in [3.05, 3.63) is 59.7 Å². The van der Waals surface area contributed by atoms with Gasteiger partial charge in [0.1, 0.15) is 5.75 Å². The molecule has 0 aliphatic carbocycles. The topological polar surface area (TPSA) is 32.8 Å². The van der Waals surface area contributed by atoms with Gasteiger partial charge in [0.2, 0.25) is 6.10 Å². The first-order valence-corrected chi connectivity index (χ1v) is 7.84. The van der Waals surface area contributed by atoms with Crippen LogP contribution in [0.1, 0.15) is 17.2 Å². The second-order valence-corrected chi connectivity index (χ2v) is 6.17. The van der Waals surface area contributed by atoms with E-state index >= 15 is 0 Å². The van der Waals surface area contributed by atoms with E-state index in [1.165, 1.54) is 0 Å². The standard InChI is InChI=1S/C19H22N2O2/c1-14-9-10-17-16(13-14)21(12-11-20(2)3)19(22)18(23-17)15-7-5-4-6-8-15/h4-10,13,18H,11-12H2,1-3H3/t18-/m1/s1. The zero-order chi connectivity index (χ0) is 16.4. The van der Waals surface area contributed by atoms with Crippen molar-refractivity contribution >= 4 is 11.6 Å². The Labute approximate surface area is 137 Å². The number of aryl methyl sites for hydroxylation is 1. The number of benzene rings is 2. The van der Waals surface area contributed by atoms with E-state index in [-0.39, 0.29) is 5.91 Å². The number of ether oxygens (including phenoxy) is 1. The summed E-state index contributed by atoms with van der Waals surface area (Å²) in [6.07, 6.45) is -0.575. The van der Waals surface area contributed by atoms with Crippen LogP contribution in [-0.2, 0) is 4.79 Å². The molecule has 0 bridgehead atoms. The number of hydrogen-bond acceptors (Lipinski definition) is 3. The highest BCUT2D eigenvalue weighted by Gasteiger charge is 2.35. The van der Waals surface area contributed by atoms with Crippen molar-refractivity contribution in [2.24, 2.45) is 0 Å². The highest BCUT2D eigenvalue weighted by molar-refractivity contribution is 6.00. The number of carbonyl (C=O) groups excluding carboxylic acids is 1. The van der Waals surface area contributed by atoms with E-state index in [1.807, 2.05) is 74.4 Å². The Bertz CT molecular complexity index is 698. The summed E-state index contributed by atoms with van der Waals surface area (Å²) in [6.45, 7) is 3.48. The Morgan fingerprint density at radius 3 is 2.57 bits per heavy atom. The largest absolute Gasteiger partial charge is 0.474 e. The molecule has 4 nitrogen and oxygen atoms in total. The van der Waals surface area contributed by atoms with Crippen LogP contribution < -0.4 is 9.64 Å². The molecule has 3 rings (SSSR count). The summed E-state index contributed by atoms with van der Waals surface area (Å²) in [5.74, 6) is 0.763. The number of likely N-dealkylation sites (N-methyl/N-ethyl adjacent to an activating group) is 1. The predicted molar refractivity (Wildman–Crippen MR) is 91.9 cm³/mol. The highest BCUT2D eigenvalue weighted by Crippen LogP contribution is 2.39. The van der Waals surface area contributed by atoms with Gasteiger partial charge < -0.3 is 14.5 Å². The lowest BCUT2D eigenvalue weighted by molar-refractivity contribution is -0.126. The lowest BCUT2D eigenvalue weighted by Gasteiger charge is -2.35. The molecule has 2 aromatic carbocycles. The van der Waals surface area contributed by atoms with Crippen molar-refractivity contribution in [1.29, 1.82) is 0 Å². The molecule has 0 saturated heterocycles. The van der Waals surface area contributed by atoms with Crippen molar-refractivity contribution in [2.75, 3.05) is 32.1 Å². The van der Waals surface area contributed by atoms with Crippen LogP contribution in [0.3, 0.4) is 0 Å². The molecule has 23 heavy (non-hydrogen) atoms. The van der Waals surface area contributed by atoms with Crippen LogP contribution in [0.4, 0.5) is 5.69 Å². The van der Waals surface area contributed by atoms with Gasteiger partial charge in [-0.1, -0.05) is 36.4 Å². The summed E-state index contributed by atoms with van der Waals surface area (Å²) in [7, 11) is 4.02. The summed E-state index contributed by atoms with van der Waals surface area (Å²) in [4.78, 5) is 16.9. The molecule has 1 aliphatic rings. The highest BCUT2D eigenvalue weighted by atomic mass is 16.5. The van der Waals surface area contributed by atoms with Gasteiger partial charge in [0.15, 0.2) is 0 Å². The third kappa shape index (κ3) is 3.22. The van der Waals surface area contributed by atoms with E-state index in [2.05, 4.69) is 4.90 Å². The van der Waals surface area contributed by atoms with Gasteiger partial charge in [-0.05, 0) is 38.7 Å². The average Bonchev–Trinajstić information content (AvgIpc) is 2.54. The van der Waals surface area contributed by atoms with Crippen molar-refractivity contribution in [1.82, 2.24) is 4.90 Å². The Balaban J connectivity index is 1.99. The normalized spacial score (nSPS) is 17.1. The fraction of sp³-hybridized carbons (Fsp3) is 0.316. The van der Waals surface area contributed by atoms with Crippen LogP contribution in [0.2, 0.25) is 0 Å². The Morgan fingerprint density at radius 2 is 1.87 bits per heavy atom. The van der Waals surface area contributed by atoms with Gasteiger partial charge >= 0.3 is 0 Å². The van der Waals surface area contributed by atoms with Crippen LogP contribution in [0.25, 0.3) is 0 Å². The molecular weight excluding hydrogens is 288 g/mol. The molecule has 0 aromatic heterocycles. The molecule has 1 amide bonds. The van der Waals surface area contributed by atoms with Gasteiger partial charge in [-0.2, -0.15) is 0 Å². The van der Waals surface area contributed by atoms with Gasteiger partial charge in [0.05, 0.1) is 5.69 Å². The SMILES string of the molecule is Cc1ccc2c(c1)N(CCN(C)C)C(=O)[C@@H](c1ccccc1)O2. The maximum atomic E-state index is 13.0. The van der Waals surface area contributed by atoms with Gasteiger partial charge in [-0.15, -0.1) is 0 Å². The summed E-state index contributed by atoms with van der Waals surface area (Å²) in [5, 5.41) is 0. The van der Waals surface area contributed by atoms with E-state index in [4.69, 9.17) is 4.74 Å². The number of fused-ring (bicyclic) bond motifs is 1. The molecule has 0 radical (unpaired) electrons. The third-order valence-corrected chi connectivity index (χ3v) is 4.01. The van der Waals surface area contributed by atoms with Crippen molar-refractivity contribution < 1.29 is 9.53 Å². The Kier molecular flexibility index (Phi) is 4.35. The van der Waals surface area contributed by atoms with Gasteiger partial charge in [0.25, 0.3) is 5.91 Å². The zero-order valence-electron chi connectivity index (χ0n) is 13.8. The molecular formula is C19H22N2O2. The molecule has 0 saturated carbocycles. The smallest absolute Gasteiger partial charge is 0.272 e. The molecule has 120 valence electrons. The minimum absolute atomic E-state index is 0.00356. The van der Waals surface area contributed by atoms with Crippen molar-refractivity contribution in [2.45, 2.75) is 13.0 Å². The lowest BCUT2D eigenvalue weighted by atomic mass is 10.0. The molecule has 1 heterocycles. The van der Waals surface area contributed by atoms with Crippen LogP contribution in [-0.4, -0.2) is 38.0 Å². The first-order valence-electron chi connectivity index (χ1n) is 7.84. The van der Waals surface area contributed by atoms with Gasteiger partial charge in [-0.25, -0.2) is 0 Å². The molecule has 2 aromatic rings. The molecule has 4 heteroatoms. The zero-order valence-corrected chi connectivity index (χ0v) is 13.8. The monoisotopic (exact) mass is 310 g/mol. The molecule has 0 N–H and O–H groups in total. The molecule has 0 unspecified atom stereocenters. The quantitative estimate of drug-likeness (QED) is 0.870. The van der Waals surface area contributed by atoms with Gasteiger partial charge in [0, 0.05) is 18.7 Å². The summed E-state index contributed by atoms with van der Waals surface area (Å²) in [6, 6.07) is 15.7. The van der Waals surface area contributed by atoms with Gasteiger partial charge in [-0.3, -0.25) is 4.79 Å². The minimum atomic E-state index is -0.575. The maximum absolute atomic E-state index is 13.0. The average molecular weight is 310 g/mol. The van der Waals surface area contributed by atoms with Crippen LogP contribution in [0.15, 0.2) is 48.5 Å². The first kappa shape index (κ1) is 15.6. The van der Waals surface area contributed by atoms with Crippen molar-refractivity contribution in [3.63, 3.8) is 0 Å². The number of amides is 1. The second kappa shape index (κ2) is 6.42. The number of hydrogen-bond donors (Lipinski definition) is 0. The second-order valence-electron chi connectivity index (χ2n) is 6.17. The Morgan fingerprint density at radius 1 is 1.13 bits per heavy atom. The fourth-order valence-electron chi connectivity index (χ4n) is 2.74. The van der Waals surface area contributed by atoms with E-state index in [0.29, 0.717) is 6.54 Å².